The topological polar surface area (TPSA) is 89.3 Å². The molecule has 128 valence electrons. The predicted octanol–water partition coefficient (Wildman–Crippen LogP) is 2.42. The van der Waals surface area contributed by atoms with Gasteiger partial charge in [-0.25, -0.2) is 13.6 Å². The molecule has 0 radical (unpaired) electrons. The van der Waals surface area contributed by atoms with E-state index in [0.717, 1.165) is 16.2 Å². The number of amides is 1. The number of rotatable bonds is 7. The highest BCUT2D eigenvalue weighted by molar-refractivity contribution is 7.99. The summed E-state index contributed by atoms with van der Waals surface area (Å²) in [6.45, 7) is 2.52. The molecule has 0 aromatic heterocycles. The van der Waals surface area contributed by atoms with Gasteiger partial charge in [-0.05, 0) is 42.0 Å². The first-order valence-corrected chi connectivity index (χ1v) is 10.1. The summed E-state index contributed by atoms with van der Waals surface area (Å²) in [5, 5.41) is 7.96. The van der Waals surface area contributed by atoms with Crippen LogP contribution in [0.2, 0.25) is 0 Å². The van der Waals surface area contributed by atoms with Gasteiger partial charge in [-0.3, -0.25) is 4.79 Å². The molecule has 2 aromatic rings. The SMILES string of the molecule is CCSc1ccccc1C(=O)NCCc1ccc(S(N)(=O)=O)cc1. The number of carbonyl (C=O) groups is 1. The van der Waals surface area contributed by atoms with Gasteiger partial charge in [0.15, 0.2) is 0 Å². The number of primary sulfonamides is 1. The Morgan fingerprint density at radius 3 is 2.42 bits per heavy atom. The van der Waals surface area contributed by atoms with Crippen LogP contribution in [0.4, 0.5) is 0 Å². The fourth-order valence-corrected chi connectivity index (χ4v) is 3.51. The van der Waals surface area contributed by atoms with Crippen LogP contribution >= 0.6 is 11.8 Å². The quantitative estimate of drug-likeness (QED) is 0.739. The van der Waals surface area contributed by atoms with Crippen LogP contribution in [0.3, 0.4) is 0 Å². The minimum Gasteiger partial charge on any atom is -0.352 e. The average molecular weight is 364 g/mol. The van der Waals surface area contributed by atoms with Crippen molar-refractivity contribution in [3.05, 3.63) is 59.7 Å². The average Bonchev–Trinajstić information content (AvgIpc) is 2.55. The third-order valence-electron chi connectivity index (χ3n) is 3.38. The molecule has 0 saturated carbocycles. The van der Waals surface area contributed by atoms with E-state index in [2.05, 4.69) is 5.32 Å². The third-order valence-corrected chi connectivity index (χ3v) is 5.27. The van der Waals surface area contributed by atoms with Gasteiger partial charge in [-0.15, -0.1) is 11.8 Å². The third kappa shape index (κ3) is 5.09. The second kappa shape index (κ2) is 8.32. The number of hydrogen-bond donors (Lipinski definition) is 2. The molecule has 0 heterocycles. The van der Waals surface area contributed by atoms with Crippen molar-refractivity contribution in [1.82, 2.24) is 5.32 Å². The molecular formula is C17H20N2O3S2. The summed E-state index contributed by atoms with van der Waals surface area (Å²) in [5.41, 5.74) is 1.60. The van der Waals surface area contributed by atoms with Gasteiger partial charge >= 0.3 is 0 Å². The Kier molecular flexibility index (Phi) is 6.42. The van der Waals surface area contributed by atoms with Crippen molar-refractivity contribution < 1.29 is 13.2 Å². The molecule has 24 heavy (non-hydrogen) atoms. The van der Waals surface area contributed by atoms with E-state index in [4.69, 9.17) is 5.14 Å². The first-order chi connectivity index (χ1) is 11.4. The van der Waals surface area contributed by atoms with Crippen LogP contribution in [-0.4, -0.2) is 26.6 Å². The maximum Gasteiger partial charge on any atom is 0.252 e. The largest absolute Gasteiger partial charge is 0.352 e. The number of nitrogens with two attached hydrogens (primary N) is 1. The minimum absolute atomic E-state index is 0.0841. The molecule has 0 aliphatic carbocycles. The lowest BCUT2D eigenvalue weighted by molar-refractivity contribution is 0.0951. The Bertz CT molecular complexity index is 803. The van der Waals surface area contributed by atoms with Crippen LogP contribution < -0.4 is 10.5 Å². The van der Waals surface area contributed by atoms with E-state index in [1.54, 1.807) is 23.9 Å². The number of hydrogen-bond acceptors (Lipinski definition) is 4. The molecule has 0 atom stereocenters. The van der Waals surface area contributed by atoms with E-state index in [1.807, 2.05) is 31.2 Å². The Balaban J connectivity index is 1.93. The molecule has 2 aromatic carbocycles. The lowest BCUT2D eigenvalue weighted by Gasteiger charge is -2.09. The molecule has 0 spiro atoms. The van der Waals surface area contributed by atoms with Gasteiger partial charge in [-0.1, -0.05) is 31.2 Å². The van der Waals surface area contributed by atoms with Crippen LogP contribution in [0.25, 0.3) is 0 Å². The lowest BCUT2D eigenvalue weighted by atomic mass is 10.1. The Labute approximate surface area is 146 Å². The Morgan fingerprint density at radius 2 is 1.79 bits per heavy atom. The molecule has 1 amide bonds. The van der Waals surface area contributed by atoms with E-state index in [0.29, 0.717) is 18.5 Å². The fourth-order valence-electron chi connectivity index (χ4n) is 2.20. The Hall–Kier alpha value is -1.83. The van der Waals surface area contributed by atoms with Gasteiger partial charge in [0.05, 0.1) is 10.5 Å². The highest BCUT2D eigenvalue weighted by atomic mass is 32.2. The molecule has 5 nitrogen and oxygen atoms in total. The molecule has 0 fully saturated rings. The number of nitrogens with one attached hydrogen (secondary N) is 1. The van der Waals surface area contributed by atoms with Gasteiger partial charge in [0.25, 0.3) is 5.91 Å². The van der Waals surface area contributed by atoms with Crippen LogP contribution in [-0.2, 0) is 16.4 Å². The van der Waals surface area contributed by atoms with Crippen molar-refractivity contribution in [3.63, 3.8) is 0 Å². The van der Waals surface area contributed by atoms with Crippen molar-refractivity contribution in [2.24, 2.45) is 5.14 Å². The van der Waals surface area contributed by atoms with Crippen LogP contribution in [0.5, 0.6) is 0 Å². The highest BCUT2D eigenvalue weighted by Crippen LogP contribution is 2.22. The van der Waals surface area contributed by atoms with E-state index < -0.39 is 10.0 Å². The second-order valence-electron chi connectivity index (χ2n) is 5.12. The Morgan fingerprint density at radius 1 is 1.12 bits per heavy atom. The van der Waals surface area contributed by atoms with Crippen LogP contribution in [0.15, 0.2) is 58.3 Å². The molecule has 7 heteroatoms. The molecule has 0 unspecified atom stereocenters. The predicted molar refractivity (Wildman–Crippen MR) is 96.7 cm³/mol. The van der Waals surface area contributed by atoms with Gasteiger partial charge < -0.3 is 5.32 Å². The van der Waals surface area contributed by atoms with E-state index in [9.17, 15) is 13.2 Å². The maximum atomic E-state index is 12.3. The first-order valence-electron chi connectivity index (χ1n) is 7.53. The van der Waals surface area contributed by atoms with E-state index in [1.165, 1.54) is 12.1 Å². The highest BCUT2D eigenvalue weighted by Gasteiger charge is 2.10. The van der Waals surface area contributed by atoms with Crippen LogP contribution in [0.1, 0.15) is 22.8 Å². The normalized spacial score (nSPS) is 11.2. The van der Waals surface area contributed by atoms with Crippen LogP contribution in [0, 0.1) is 0 Å². The summed E-state index contributed by atoms with van der Waals surface area (Å²) in [6.07, 6.45) is 0.611. The molecule has 2 rings (SSSR count). The van der Waals surface area contributed by atoms with Gasteiger partial charge in [-0.2, -0.15) is 0 Å². The maximum absolute atomic E-state index is 12.3. The summed E-state index contributed by atoms with van der Waals surface area (Å²) in [6, 6.07) is 13.9. The molecule has 3 N–H and O–H groups in total. The summed E-state index contributed by atoms with van der Waals surface area (Å²) in [5.74, 6) is 0.799. The minimum atomic E-state index is -3.67. The standard InChI is InChI=1S/C17H20N2O3S2/c1-2-23-16-6-4-3-5-15(16)17(20)19-12-11-13-7-9-14(10-8-13)24(18,21)22/h3-10H,2,11-12H2,1H3,(H,19,20)(H2,18,21,22). The molecule has 0 saturated heterocycles. The summed E-state index contributed by atoms with van der Waals surface area (Å²) in [7, 11) is -3.67. The monoisotopic (exact) mass is 364 g/mol. The fraction of sp³-hybridized carbons (Fsp3) is 0.235. The van der Waals surface area contributed by atoms with E-state index >= 15 is 0 Å². The zero-order valence-electron chi connectivity index (χ0n) is 13.4. The number of sulfonamides is 1. The summed E-state index contributed by atoms with van der Waals surface area (Å²) in [4.78, 5) is 13.3. The lowest BCUT2D eigenvalue weighted by Crippen LogP contribution is -2.26. The number of benzene rings is 2. The zero-order chi connectivity index (χ0) is 17.6. The molecule has 0 aliphatic heterocycles. The first kappa shape index (κ1) is 18.5. The molecule has 0 bridgehead atoms. The van der Waals surface area contributed by atoms with Crippen molar-refractivity contribution >= 4 is 27.7 Å². The number of thioether (sulfide) groups is 1. The zero-order valence-corrected chi connectivity index (χ0v) is 15.0. The summed E-state index contributed by atoms with van der Waals surface area (Å²) >= 11 is 1.63. The van der Waals surface area contributed by atoms with Crippen molar-refractivity contribution in [2.45, 2.75) is 23.1 Å². The van der Waals surface area contributed by atoms with E-state index in [-0.39, 0.29) is 10.8 Å². The van der Waals surface area contributed by atoms with Gasteiger partial charge in [0.2, 0.25) is 10.0 Å². The van der Waals surface area contributed by atoms with Crippen molar-refractivity contribution in [1.29, 1.82) is 0 Å². The van der Waals surface area contributed by atoms with Gasteiger partial charge in [0, 0.05) is 11.4 Å². The van der Waals surface area contributed by atoms with Gasteiger partial charge in [0.1, 0.15) is 0 Å². The van der Waals surface area contributed by atoms with Crippen molar-refractivity contribution in [3.8, 4) is 0 Å². The second-order valence-corrected chi connectivity index (χ2v) is 7.99. The molecule has 0 aliphatic rings. The number of carbonyl (C=O) groups excluding carboxylic acids is 1. The summed E-state index contributed by atoms with van der Waals surface area (Å²) < 4.78 is 22.4. The van der Waals surface area contributed by atoms with Crippen molar-refractivity contribution in [2.75, 3.05) is 12.3 Å². The smallest absolute Gasteiger partial charge is 0.252 e. The molecular weight excluding hydrogens is 344 g/mol.